The molecule has 37 heavy (non-hydrogen) atoms. The van der Waals surface area contributed by atoms with E-state index in [0.717, 1.165) is 31.6 Å². The van der Waals surface area contributed by atoms with Crippen LogP contribution in [0.4, 0.5) is 0 Å². The predicted molar refractivity (Wildman–Crippen MR) is 157 cm³/mol. The molecular formula is C30H27Br2ClO4. The standard InChI is InChI=1S/C15H13BrO2.C8H6BrClO.C7H8O/c1-18-14-8-4-12(5-9-14)15(17)10-11-2-6-13(16)7-3-11;9-7-3-1-6(2-4-7)5-8(10)11;1-8-7-5-3-2-4-6-7/h2-9H,10H2,1H3;1-4H,5H2;2-6H,1H3. The first-order valence-corrected chi connectivity index (χ1v) is 13.2. The van der Waals surface area contributed by atoms with Gasteiger partial charge in [0.15, 0.2) is 5.78 Å². The molecule has 0 atom stereocenters. The summed E-state index contributed by atoms with van der Waals surface area (Å²) in [5.74, 6) is 1.78. The lowest BCUT2D eigenvalue weighted by Gasteiger charge is -2.03. The molecule has 0 heterocycles. The molecule has 0 radical (unpaired) electrons. The number of hydrogen-bond acceptors (Lipinski definition) is 4. The largest absolute Gasteiger partial charge is 0.497 e. The number of halogens is 3. The van der Waals surface area contributed by atoms with Gasteiger partial charge in [-0.3, -0.25) is 9.59 Å². The van der Waals surface area contributed by atoms with Crippen LogP contribution in [0.3, 0.4) is 0 Å². The monoisotopic (exact) mass is 644 g/mol. The van der Waals surface area contributed by atoms with Gasteiger partial charge in [0.25, 0.3) is 0 Å². The molecule has 0 saturated carbocycles. The van der Waals surface area contributed by atoms with E-state index in [0.29, 0.717) is 18.4 Å². The van der Waals surface area contributed by atoms with Gasteiger partial charge in [-0.2, -0.15) is 0 Å². The van der Waals surface area contributed by atoms with Crippen molar-refractivity contribution in [1.29, 1.82) is 0 Å². The van der Waals surface area contributed by atoms with Crippen LogP contribution in [0.25, 0.3) is 0 Å². The Morgan fingerprint density at radius 2 is 1.05 bits per heavy atom. The number of ether oxygens (including phenoxy) is 2. The highest BCUT2D eigenvalue weighted by atomic mass is 79.9. The molecule has 192 valence electrons. The van der Waals surface area contributed by atoms with Gasteiger partial charge in [-0.25, -0.2) is 0 Å². The molecule has 0 aliphatic heterocycles. The average Bonchev–Trinajstić information content (AvgIpc) is 2.92. The normalized spacial score (nSPS) is 9.65. The molecule has 0 fully saturated rings. The molecular weight excluding hydrogens is 620 g/mol. The van der Waals surface area contributed by atoms with E-state index in [-0.39, 0.29) is 11.0 Å². The van der Waals surface area contributed by atoms with E-state index in [1.54, 1.807) is 38.5 Å². The van der Waals surface area contributed by atoms with Gasteiger partial charge in [0.05, 0.1) is 14.2 Å². The van der Waals surface area contributed by atoms with Gasteiger partial charge < -0.3 is 9.47 Å². The summed E-state index contributed by atoms with van der Waals surface area (Å²) in [4.78, 5) is 22.5. The molecule has 7 heteroatoms. The van der Waals surface area contributed by atoms with E-state index in [4.69, 9.17) is 21.1 Å². The molecule has 4 nitrogen and oxygen atoms in total. The second-order valence-corrected chi connectivity index (χ2v) is 9.88. The maximum atomic E-state index is 12.0. The zero-order valence-corrected chi connectivity index (χ0v) is 24.4. The molecule has 0 unspecified atom stereocenters. The Morgan fingerprint density at radius 3 is 1.46 bits per heavy atom. The van der Waals surface area contributed by atoms with Crippen molar-refractivity contribution >= 4 is 54.5 Å². The fourth-order valence-electron chi connectivity index (χ4n) is 2.99. The van der Waals surface area contributed by atoms with E-state index >= 15 is 0 Å². The maximum absolute atomic E-state index is 12.0. The molecule has 0 N–H and O–H groups in total. The summed E-state index contributed by atoms with van der Waals surface area (Å²) in [5, 5.41) is -0.327. The summed E-state index contributed by atoms with van der Waals surface area (Å²) in [6, 6.07) is 32.1. The number of ketones is 1. The summed E-state index contributed by atoms with van der Waals surface area (Å²) in [7, 11) is 3.27. The van der Waals surface area contributed by atoms with Gasteiger partial charge in [0, 0.05) is 27.4 Å². The third kappa shape index (κ3) is 12.2. The van der Waals surface area contributed by atoms with Gasteiger partial charge in [0.2, 0.25) is 5.24 Å². The molecule has 0 bridgehead atoms. The summed E-state index contributed by atoms with van der Waals surface area (Å²) in [6.07, 6.45) is 0.717. The van der Waals surface area contributed by atoms with Gasteiger partial charge in [-0.05, 0) is 83.4 Å². The fourth-order valence-corrected chi connectivity index (χ4v) is 3.67. The smallest absolute Gasteiger partial charge is 0.226 e. The molecule has 4 aromatic carbocycles. The number of benzene rings is 4. The maximum Gasteiger partial charge on any atom is 0.226 e. The van der Waals surface area contributed by atoms with Crippen molar-refractivity contribution in [3.05, 3.63) is 129 Å². The van der Waals surface area contributed by atoms with Crippen LogP contribution in [0.2, 0.25) is 0 Å². The van der Waals surface area contributed by atoms with Gasteiger partial charge >= 0.3 is 0 Å². The summed E-state index contributed by atoms with van der Waals surface area (Å²) >= 11 is 11.9. The second kappa shape index (κ2) is 16.7. The van der Waals surface area contributed by atoms with E-state index < -0.39 is 0 Å². The number of hydrogen-bond donors (Lipinski definition) is 0. The van der Waals surface area contributed by atoms with Crippen LogP contribution in [0.15, 0.2) is 112 Å². The minimum absolute atomic E-state index is 0.111. The first-order chi connectivity index (χ1) is 17.8. The first-order valence-electron chi connectivity index (χ1n) is 11.2. The SMILES string of the molecule is COc1ccc(C(=O)Cc2ccc(Br)cc2)cc1.COc1ccccc1.O=C(Cl)Cc1ccc(Br)cc1. The number of methoxy groups -OCH3 is 2. The first kappa shape index (κ1) is 30.3. The van der Waals surface area contributed by atoms with Crippen molar-refractivity contribution in [3.63, 3.8) is 0 Å². The molecule has 0 aliphatic carbocycles. The van der Waals surface area contributed by atoms with Crippen LogP contribution in [0.1, 0.15) is 21.5 Å². The predicted octanol–water partition coefficient (Wildman–Crippen LogP) is 8.34. The number of carbonyl (C=O) groups is 2. The lowest BCUT2D eigenvalue weighted by atomic mass is 10.0. The van der Waals surface area contributed by atoms with Crippen LogP contribution < -0.4 is 9.47 Å². The number of rotatable bonds is 7. The molecule has 0 aromatic heterocycles. The highest BCUT2D eigenvalue weighted by Gasteiger charge is 2.07. The molecule has 4 aromatic rings. The van der Waals surface area contributed by atoms with E-state index in [9.17, 15) is 9.59 Å². The van der Waals surface area contributed by atoms with Crippen LogP contribution in [-0.2, 0) is 17.6 Å². The fraction of sp³-hybridized carbons (Fsp3) is 0.133. The Balaban J connectivity index is 0.000000215. The quantitative estimate of drug-likeness (QED) is 0.150. The van der Waals surface area contributed by atoms with Crippen LogP contribution in [0, 0.1) is 0 Å². The number of para-hydroxylation sites is 1. The highest BCUT2D eigenvalue weighted by Crippen LogP contribution is 2.16. The second-order valence-electron chi connectivity index (χ2n) is 7.63. The Morgan fingerprint density at radius 1 is 0.622 bits per heavy atom. The molecule has 0 spiro atoms. The third-order valence-corrected chi connectivity index (χ3v) is 6.12. The van der Waals surface area contributed by atoms with Crippen molar-refractivity contribution < 1.29 is 19.1 Å². The average molecular weight is 647 g/mol. The number of carbonyl (C=O) groups excluding carboxylic acids is 2. The summed E-state index contributed by atoms with van der Waals surface area (Å²) in [5.41, 5.74) is 2.66. The van der Waals surface area contributed by atoms with Gasteiger partial charge in [-0.1, -0.05) is 74.3 Å². The number of Topliss-reactive ketones (excluding diaryl/α,β-unsaturated/α-hetero) is 1. The molecule has 0 amide bonds. The van der Waals surface area contributed by atoms with Crippen LogP contribution in [-0.4, -0.2) is 25.2 Å². The minimum atomic E-state index is -0.327. The Bertz CT molecular complexity index is 1230. The summed E-state index contributed by atoms with van der Waals surface area (Å²) < 4.78 is 12.0. The van der Waals surface area contributed by atoms with Crippen LogP contribution >= 0.6 is 43.5 Å². The van der Waals surface area contributed by atoms with Crippen molar-refractivity contribution in [3.8, 4) is 11.5 Å². The van der Waals surface area contributed by atoms with Crippen molar-refractivity contribution in [2.45, 2.75) is 12.8 Å². The van der Waals surface area contributed by atoms with Crippen molar-refractivity contribution in [2.75, 3.05) is 14.2 Å². The van der Waals surface area contributed by atoms with Crippen molar-refractivity contribution in [2.24, 2.45) is 0 Å². The molecule has 4 rings (SSSR count). The summed E-state index contributed by atoms with van der Waals surface area (Å²) in [6.45, 7) is 0. The van der Waals surface area contributed by atoms with Crippen LogP contribution in [0.5, 0.6) is 11.5 Å². The van der Waals surface area contributed by atoms with E-state index in [1.807, 2.05) is 78.9 Å². The zero-order chi connectivity index (χ0) is 27.0. The van der Waals surface area contributed by atoms with E-state index in [2.05, 4.69) is 31.9 Å². The topological polar surface area (TPSA) is 52.6 Å². The lowest BCUT2D eigenvalue weighted by molar-refractivity contribution is -0.111. The Labute approximate surface area is 239 Å². The van der Waals surface area contributed by atoms with Gasteiger partial charge in [-0.15, -0.1) is 0 Å². The Kier molecular flexibility index (Phi) is 13.7. The lowest BCUT2D eigenvalue weighted by Crippen LogP contribution is -2.03. The zero-order valence-electron chi connectivity index (χ0n) is 20.5. The minimum Gasteiger partial charge on any atom is -0.497 e. The van der Waals surface area contributed by atoms with E-state index in [1.165, 1.54) is 0 Å². The molecule has 0 saturated heterocycles. The third-order valence-electron chi connectivity index (χ3n) is 4.93. The Hall–Kier alpha value is -2.93. The van der Waals surface area contributed by atoms with Gasteiger partial charge in [0.1, 0.15) is 11.5 Å². The molecule has 0 aliphatic rings. The highest BCUT2D eigenvalue weighted by molar-refractivity contribution is 9.10. The van der Waals surface area contributed by atoms with Crippen molar-refractivity contribution in [1.82, 2.24) is 0 Å².